The van der Waals surface area contributed by atoms with Crippen molar-refractivity contribution in [2.75, 3.05) is 0 Å². The second-order valence-corrected chi connectivity index (χ2v) is 7.07. The van der Waals surface area contributed by atoms with Gasteiger partial charge in [-0.25, -0.2) is 0 Å². The smallest absolute Gasteiger partial charge is 0.0591 e. The molecule has 0 amide bonds. The zero-order chi connectivity index (χ0) is 14.0. The van der Waals surface area contributed by atoms with Crippen molar-refractivity contribution in [1.82, 2.24) is 0 Å². The van der Waals surface area contributed by atoms with Gasteiger partial charge in [-0.2, -0.15) is 0 Å². The molecule has 3 heteroatoms. The first-order chi connectivity index (χ1) is 8.99. The maximum Gasteiger partial charge on any atom is 0.0591 e. The van der Waals surface area contributed by atoms with Gasteiger partial charge in [-0.1, -0.05) is 57.9 Å². The van der Waals surface area contributed by atoms with Crippen LogP contribution in [0.2, 0.25) is 5.02 Å². The fourth-order valence-electron chi connectivity index (χ4n) is 2.01. The van der Waals surface area contributed by atoms with Crippen molar-refractivity contribution < 1.29 is 0 Å². The lowest BCUT2D eigenvalue weighted by molar-refractivity contribution is 0.945. The fourth-order valence-corrected chi connectivity index (χ4v) is 3.54. The molecule has 0 aliphatic heterocycles. The van der Waals surface area contributed by atoms with Gasteiger partial charge in [0.05, 0.1) is 5.02 Å². The largest absolute Gasteiger partial charge is 0.0835 e. The number of alkyl halides is 1. The Bertz CT molecular complexity index is 593. The minimum atomic E-state index is 0.222. The predicted octanol–water partition coefficient (Wildman–Crippen LogP) is 6.40. The first-order valence-corrected chi connectivity index (χ1v) is 8.22. The Hall–Kier alpha value is -0.310. The summed E-state index contributed by atoms with van der Waals surface area (Å²) in [4.78, 5) is 0.222. The van der Waals surface area contributed by atoms with Crippen LogP contribution in [0, 0.1) is 13.8 Å². The van der Waals surface area contributed by atoms with E-state index in [0.29, 0.717) is 0 Å². The van der Waals surface area contributed by atoms with E-state index in [1.54, 1.807) is 0 Å². The molecular weight excluding hydrogens is 387 g/mol. The second kappa shape index (κ2) is 6.43. The summed E-state index contributed by atoms with van der Waals surface area (Å²) < 4.78 is 0.941. The van der Waals surface area contributed by atoms with Crippen LogP contribution in [-0.2, 0) is 6.42 Å². The number of rotatable bonds is 3. The number of hydrogen-bond acceptors (Lipinski definition) is 0. The minimum absolute atomic E-state index is 0.222. The van der Waals surface area contributed by atoms with Crippen molar-refractivity contribution in [3.8, 4) is 0 Å². The summed E-state index contributed by atoms with van der Waals surface area (Å²) in [5.41, 5.74) is 5.10. The van der Waals surface area contributed by atoms with Crippen LogP contribution >= 0.6 is 43.5 Å². The van der Waals surface area contributed by atoms with Gasteiger partial charge in [0.2, 0.25) is 0 Å². The highest BCUT2D eigenvalue weighted by Gasteiger charge is 2.14. The third-order valence-electron chi connectivity index (χ3n) is 3.31. The van der Waals surface area contributed by atoms with Crippen molar-refractivity contribution in [1.29, 1.82) is 0 Å². The van der Waals surface area contributed by atoms with Gasteiger partial charge in [-0.05, 0) is 64.5 Å². The summed E-state index contributed by atoms with van der Waals surface area (Å²) in [6.45, 7) is 4.28. The van der Waals surface area contributed by atoms with E-state index in [4.69, 9.17) is 11.6 Å². The van der Waals surface area contributed by atoms with Gasteiger partial charge in [-0.15, -0.1) is 0 Å². The van der Waals surface area contributed by atoms with E-state index in [2.05, 4.69) is 70.0 Å². The van der Waals surface area contributed by atoms with E-state index < -0.39 is 0 Å². The summed E-state index contributed by atoms with van der Waals surface area (Å²) in [5, 5.41) is 0.785. The van der Waals surface area contributed by atoms with Gasteiger partial charge in [0.25, 0.3) is 0 Å². The molecule has 0 nitrogen and oxygen atoms in total. The average Bonchev–Trinajstić information content (AvgIpc) is 2.37. The third-order valence-corrected chi connectivity index (χ3v) is 5.43. The summed E-state index contributed by atoms with van der Waals surface area (Å²) >= 11 is 13.5. The molecule has 0 heterocycles. The second-order valence-electron chi connectivity index (χ2n) is 4.73. The van der Waals surface area contributed by atoms with Gasteiger partial charge in [-0.3, -0.25) is 0 Å². The Balaban J connectivity index is 2.23. The zero-order valence-electron chi connectivity index (χ0n) is 10.9. The van der Waals surface area contributed by atoms with Gasteiger partial charge in [0, 0.05) is 9.30 Å². The standard InChI is InChI=1S/C16H15Br2Cl/c1-10-6-7-12(8-11(10)2)9-15(18)13-4-3-5-14(17)16(13)19/h3-8,15H,9H2,1-2H3. The van der Waals surface area contributed by atoms with Crippen molar-refractivity contribution in [2.24, 2.45) is 0 Å². The monoisotopic (exact) mass is 400 g/mol. The number of aryl methyl sites for hydroxylation is 2. The normalized spacial score (nSPS) is 12.5. The Morgan fingerprint density at radius 2 is 1.84 bits per heavy atom. The molecule has 2 aromatic carbocycles. The van der Waals surface area contributed by atoms with Crippen LogP contribution in [0.1, 0.15) is 27.1 Å². The van der Waals surface area contributed by atoms with Crippen molar-refractivity contribution in [3.05, 3.63) is 68.1 Å². The highest BCUT2D eigenvalue weighted by Crippen LogP contribution is 2.36. The molecule has 19 heavy (non-hydrogen) atoms. The van der Waals surface area contributed by atoms with Gasteiger partial charge in [0.15, 0.2) is 0 Å². The summed E-state index contributed by atoms with van der Waals surface area (Å²) in [7, 11) is 0. The maximum atomic E-state index is 6.33. The third kappa shape index (κ3) is 3.62. The van der Waals surface area contributed by atoms with E-state index in [9.17, 15) is 0 Å². The number of halogens is 3. The van der Waals surface area contributed by atoms with Crippen LogP contribution in [0.5, 0.6) is 0 Å². The summed E-state index contributed by atoms with van der Waals surface area (Å²) in [6.07, 6.45) is 0.928. The Morgan fingerprint density at radius 1 is 1.11 bits per heavy atom. The summed E-state index contributed by atoms with van der Waals surface area (Å²) in [6, 6.07) is 12.6. The molecule has 0 N–H and O–H groups in total. The average molecular weight is 403 g/mol. The lowest BCUT2D eigenvalue weighted by atomic mass is 10.0. The fraction of sp³-hybridized carbons (Fsp3) is 0.250. The molecule has 0 saturated heterocycles. The molecular formula is C16H15Br2Cl. The maximum absolute atomic E-state index is 6.33. The molecule has 2 rings (SSSR count). The molecule has 1 unspecified atom stereocenters. The molecule has 0 radical (unpaired) electrons. The van der Waals surface area contributed by atoms with Crippen molar-refractivity contribution >= 4 is 43.5 Å². The Morgan fingerprint density at radius 3 is 2.53 bits per heavy atom. The molecule has 0 spiro atoms. The van der Waals surface area contributed by atoms with Gasteiger partial charge < -0.3 is 0 Å². The van der Waals surface area contributed by atoms with E-state index in [1.165, 1.54) is 16.7 Å². The van der Waals surface area contributed by atoms with Crippen molar-refractivity contribution in [3.63, 3.8) is 0 Å². The van der Waals surface area contributed by atoms with Crippen LogP contribution < -0.4 is 0 Å². The van der Waals surface area contributed by atoms with Crippen LogP contribution in [0.4, 0.5) is 0 Å². The molecule has 0 saturated carbocycles. The molecule has 1 atom stereocenters. The van der Waals surface area contributed by atoms with Gasteiger partial charge >= 0.3 is 0 Å². The molecule has 0 bridgehead atoms. The Kier molecular flexibility index (Phi) is 5.10. The highest BCUT2D eigenvalue weighted by molar-refractivity contribution is 9.10. The van der Waals surface area contributed by atoms with Gasteiger partial charge in [0.1, 0.15) is 0 Å². The van der Waals surface area contributed by atoms with Crippen LogP contribution in [0.3, 0.4) is 0 Å². The van der Waals surface area contributed by atoms with E-state index in [-0.39, 0.29) is 4.83 Å². The molecule has 2 aromatic rings. The molecule has 0 aliphatic rings. The first kappa shape index (κ1) is 15.1. The van der Waals surface area contributed by atoms with Crippen LogP contribution in [0.15, 0.2) is 40.9 Å². The minimum Gasteiger partial charge on any atom is -0.0835 e. The molecule has 0 aromatic heterocycles. The van der Waals surface area contributed by atoms with Crippen LogP contribution in [-0.4, -0.2) is 0 Å². The molecule has 0 fully saturated rings. The van der Waals surface area contributed by atoms with Crippen molar-refractivity contribution in [2.45, 2.75) is 25.1 Å². The highest BCUT2D eigenvalue weighted by atomic mass is 79.9. The van der Waals surface area contributed by atoms with E-state index in [1.807, 2.05) is 12.1 Å². The lowest BCUT2D eigenvalue weighted by Gasteiger charge is -2.14. The topological polar surface area (TPSA) is 0 Å². The summed E-state index contributed by atoms with van der Waals surface area (Å²) in [5.74, 6) is 0. The SMILES string of the molecule is Cc1ccc(CC(Br)c2cccc(Br)c2Cl)cc1C. The predicted molar refractivity (Wildman–Crippen MR) is 90.4 cm³/mol. The lowest BCUT2D eigenvalue weighted by Crippen LogP contribution is -1.97. The molecule has 0 aliphatic carbocycles. The number of hydrogen-bond donors (Lipinski definition) is 0. The number of benzene rings is 2. The zero-order valence-corrected chi connectivity index (χ0v) is 14.8. The Labute approximate surface area is 136 Å². The molecule has 100 valence electrons. The van der Waals surface area contributed by atoms with E-state index in [0.717, 1.165) is 21.5 Å². The quantitative estimate of drug-likeness (QED) is 0.521. The van der Waals surface area contributed by atoms with E-state index >= 15 is 0 Å². The van der Waals surface area contributed by atoms with Crippen LogP contribution in [0.25, 0.3) is 0 Å². The first-order valence-electron chi connectivity index (χ1n) is 6.13.